The highest BCUT2D eigenvalue weighted by Crippen LogP contribution is 2.21. The highest BCUT2D eigenvalue weighted by molar-refractivity contribution is 5.89. The van der Waals surface area contributed by atoms with Crippen LogP contribution in [-0.4, -0.2) is 25.3 Å². The Hall–Kier alpha value is -1.76. The van der Waals surface area contributed by atoms with Gasteiger partial charge in [0.2, 0.25) is 0 Å². The van der Waals surface area contributed by atoms with E-state index in [0.717, 1.165) is 5.56 Å². The third-order valence-electron chi connectivity index (χ3n) is 2.99. The third-order valence-corrected chi connectivity index (χ3v) is 2.99. The Morgan fingerprint density at radius 3 is 2.52 bits per heavy atom. The summed E-state index contributed by atoms with van der Waals surface area (Å²) in [5.41, 5.74) is 1.50. The summed E-state index contributed by atoms with van der Waals surface area (Å²) in [6.45, 7) is 3.27. The molecule has 3 N–H and O–H groups in total. The molecule has 0 aliphatic heterocycles. The summed E-state index contributed by atoms with van der Waals surface area (Å²) >= 11 is 0. The molecule has 0 heterocycles. The Labute approximate surface area is 122 Å². The number of alkyl halides is 3. The molecule has 1 rings (SSSR count). The molecule has 0 fully saturated rings. The van der Waals surface area contributed by atoms with Crippen molar-refractivity contribution in [2.45, 2.75) is 38.5 Å². The number of halogens is 3. The van der Waals surface area contributed by atoms with Gasteiger partial charge in [0.15, 0.2) is 0 Å². The number of rotatable bonds is 5. The number of amides is 2. The lowest BCUT2D eigenvalue weighted by Gasteiger charge is -2.17. The number of urea groups is 1. The van der Waals surface area contributed by atoms with Crippen molar-refractivity contribution in [3.05, 3.63) is 29.8 Å². The van der Waals surface area contributed by atoms with Gasteiger partial charge in [-0.05, 0) is 38.6 Å². The molecule has 2 amide bonds. The van der Waals surface area contributed by atoms with E-state index in [4.69, 9.17) is 0 Å². The van der Waals surface area contributed by atoms with Crippen molar-refractivity contribution in [3.8, 4) is 0 Å². The second-order valence-electron chi connectivity index (χ2n) is 4.95. The Bertz CT molecular complexity index is 477. The van der Waals surface area contributed by atoms with Crippen molar-refractivity contribution >= 4 is 11.7 Å². The van der Waals surface area contributed by atoms with Crippen molar-refractivity contribution in [3.63, 3.8) is 0 Å². The first-order valence-corrected chi connectivity index (χ1v) is 6.62. The number of benzene rings is 1. The summed E-state index contributed by atoms with van der Waals surface area (Å²) in [6.07, 6.45) is -5.36. The minimum atomic E-state index is -4.30. The first kappa shape index (κ1) is 17.3. The molecule has 0 radical (unpaired) electrons. The SMILES string of the molecule is CNC(C)c1cccc(NC(=O)NC(C)CC(F)(F)F)c1. The molecule has 7 heteroatoms. The van der Waals surface area contributed by atoms with Crippen LogP contribution in [0.15, 0.2) is 24.3 Å². The van der Waals surface area contributed by atoms with E-state index in [1.165, 1.54) is 6.92 Å². The van der Waals surface area contributed by atoms with E-state index < -0.39 is 24.7 Å². The molecule has 118 valence electrons. The molecule has 0 saturated heterocycles. The Kier molecular flexibility index (Phi) is 6.02. The Balaban J connectivity index is 2.59. The van der Waals surface area contributed by atoms with Crippen LogP contribution in [-0.2, 0) is 0 Å². The lowest BCUT2D eigenvalue weighted by Crippen LogP contribution is -2.38. The lowest BCUT2D eigenvalue weighted by molar-refractivity contribution is -0.138. The zero-order valence-corrected chi connectivity index (χ0v) is 12.2. The van der Waals surface area contributed by atoms with E-state index >= 15 is 0 Å². The second kappa shape index (κ2) is 7.31. The minimum Gasteiger partial charge on any atom is -0.335 e. The van der Waals surface area contributed by atoms with Crippen LogP contribution >= 0.6 is 0 Å². The average Bonchev–Trinajstić information content (AvgIpc) is 2.35. The van der Waals surface area contributed by atoms with Crippen molar-refractivity contribution in [2.75, 3.05) is 12.4 Å². The zero-order valence-electron chi connectivity index (χ0n) is 12.2. The molecule has 0 bridgehead atoms. The standard InChI is InChI=1S/C14H20F3N3O/c1-9(8-14(15,16)17)19-13(21)20-12-6-4-5-11(7-12)10(2)18-3/h4-7,9-10,18H,8H2,1-3H3,(H2,19,20,21). The first-order valence-electron chi connectivity index (χ1n) is 6.62. The first-order chi connectivity index (χ1) is 9.71. The van der Waals surface area contributed by atoms with Crippen molar-refractivity contribution in [1.82, 2.24) is 10.6 Å². The second-order valence-corrected chi connectivity index (χ2v) is 4.95. The van der Waals surface area contributed by atoms with Gasteiger partial charge in [0.05, 0.1) is 6.42 Å². The predicted octanol–water partition coefficient (Wildman–Crippen LogP) is 3.43. The maximum absolute atomic E-state index is 12.2. The van der Waals surface area contributed by atoms with Gasteiger partial charge in [-0.1, -0.05) is 12.1 Å². The van der Waals surface area contributed by atoms with Crippen molar-refractivity contribution < 1.29 is 18.0 Å². The van der Waals surface area contributed by atoms with Crippen LogP contribution in [0.4, 0.5) is 23.7 Å². The molecule has 4 nitrogen and oxygen atoms in total. The molecule has 2 unspecified atom stereocenters. The van der Waals surface area contributed by atoms with E-state index in [9.17, 15) is 18.0 Å². The van der Waals surface area contributed by atoms with Crippen molar-refractivity contribution in [1.29, 1.82) is 0 Å². The van der Waals surface area contributed by atoms with Gasteiger partial charge < -0.3 is 16.0 Å². The average molecular weight is 303 g/mol. The highest BCUT2D eigenvalue weighted by atomic mass is 19.4. The molecule has 0 aromatic heterocycles. The number of hydrogen-bond acceptors (Lipinski definition) is 2. The molecular weight excluding hydrogens is 283 g/mol. The van der Waals surface area contributed by atoms with Gasteiger partial charge in [-0.25, -0.2) is 4.79 Å². The number of carbonyl (C=O) groups is 1. The maximum Gasteiger partial charge on any atom is 0.391 e. The Morgan fingerprint density at radius 1 is 1.29 bits per heavy atom. The fourth-order valence-electron chi connectivity index (χ4n) is 1.84. The van der Waals surface area contributed by atoms with Crippen LogP contribution in [0.1, 0.15) is 31.9 Å². The van der Waals surface area contributed by atoms with Crippen LogP contribution in [0.25, 0.3) is 0 Å². The van der Waals surface area contributed by atoms with Gasteiger partial charge in [-0.3, -0.25) is 0 Å². The molecule has 0 aliphatic carbocycles. The minimum absolute atomic E-state index is 0.110. The molecule has 1 aromatic rings. The van der Waals surface area contributed by atoms with E-state index in [0.29, 0.717) is 5.69 Å². The van der Waals surface area contributed by atoms with Crippen LogP contribution < -0.4 is 16.0 Å². The van der Waals surface area contributed by atoms with Gasteiger partial charge in [-0.15, -0.1) is 0 Å². The number of carbonyl (C=O) groups excluding carboxylic acids is 1. The van der Waals surface area contributed by atoms with Crippen LogP contribution in [0, 0.1) is 0 Å². The smallest absolute Gasteiger partial charge is 0.335 e. The normalized spacial score (nSPS) is 14.4. The van der Waals surface area contributed by atoms with E-state index in [1.54, 1.807) is 18.2 Å². The maximum atomic E-state index is 12.2. The largest absolute Gasteiger partial charge is 0.391 e. The third kappa shape index (κ3) is 6.48. The predicted molar refractivity (Wildman–Crippen MR) is 76.2 cm³/mol. The number of nitrogens with one attached hydrogen (secondary N) is 3. The summed E-state index contributed by atoms with van der Waals surface area (Å²) < 4.78 is 36.6. The van der Waals surface area contributed by atoms with Gasteiger partial charge in [0.1, 0.15) is 0 Å². The van der Waals surface area contributed by atoms with Crippen LogP contribution in [0.5, 0.6) is 0 Å². The monoisotopic (exact) mass is 303 g/mol. The molecule has 2 atom stereocenters. The van der Waals surface area contributed by atoms with Crippen LogP contribution in [0.3, 0.4) is 0 Å². The molecule has 1 aromatic carbocycles. The molecule has 0 saturated carbocycles. The fraction of sp³-hybridized carbons (Fsp3) is 0.500. The Morgan fingerprint density at radius 2 is 1.95 bits per heavy atom. The summed E-state index contributed by atoms with van der Waals surface area (Å²) in [7, 11) is 1.82. The summed E-state index contributed by atoms with van der Waals surface area (Å²) in [6, 6.07) is 5.60. The van der Waals surface area contributed by atoms with Crippen LogP contribution in [0.2, 0.25) is 0 Å². The number of hydrogen-bond donors (Lipinski definition) is 3. The van der Waals surface area contributed by atoms with Crippen molar-refractivity contribution in [2.24, 2.45) is 0 Å². The molecular formula is C14H20F3N3O. The lowest BCUT2D eigenvalue weighted by atomic mass is 10.1. The molecule has 0 spiro atoms. The summed E-state index contributed by atoms with van der Waals surface area (Å²) in [5, 5.41) is 7.86. The highest BCUT2D eigenvalue weighted by Gasteiger charge is 2.30. The van der Waals surface area contributed by atoms with Gasteiger partial charge in [-0.2, -0.15) is 13.2 Å². The zero-order chi connectivity index (χ0) is 16.0. The fourth-order valence-corrected chi connectivity index (χ4v) is 1.84. The van der Waals surface area contributed by atoms with Gasteiger partial charge in [0, 0.05) is 17.8 Å². The van der Waals surface area contributed by atoms with E-state index in [1.807, 2.05) is 20.0 Å². The van der Waals surface area contributed by atoms with Gasteiger partial charge in [0.25, 0.3) is 0 Å². The number of anilines is 1. The summed E-state index contributed by atoms with van der Waals surface area (Å²) in [4.78, 5) is 11.7. The van der Waals surface area contributed by atoms with E-state index in [-0.39, 0.29) is 6.04 Å². The summed E-state index contributed by atoms with van der Waals surface area (Å²) in [5.74, 6) is 0. The van der Waals surface area contributed by atoms with Gasteiger partial charge >= 0.3 is 12.2 Å². The topological polar surface area (TPSA) is 53.2 Å². The molecule has 0 aliphatic rings. The van der Waals surface area contributed by atoms with E-state index in [2.05, 4.69) is 16.0 Å². The molecule has 21 heavy (non-hydrogen) atoms. The quantitative estimate of drug-likeness (QED) is 0.780.